The zero-order valence-corrected chi connectivity index (χ0v) is 14.7. The molecule has 26 heavy (non-hydrogen) atoms. The second kappa shape index (κ2) is 7.39. The molecular weight excluding hydrogens is 332 g/mol. The van der Waals surface area contributed by atoms with Gasteiger partial charge in [0.25, 0.3) is 5.56 Å². The van der Waals surface area contributed by atoms with Gasteiger partial charge in [-0.2, -0.15) is 0 Å². The van der Waals surface area contributed by atoms with Gasteiger partial charge in [0.1, 0.15) is 17.2 Å². The first kappa shape index (κ1) is 17.7. The minimum Gasteiger partial charge on any atom is -0.478 e. The zero-order chi connectivity index (χ0) is 18.7. The number of aryl methyl sites for hydroxylation is 1. The molecule has 3 heterocycles. The molecule has 3 rings (SSSR count). The van der Waals surface area contributed by atoms with E-state index in [-0.39, 0.29) is 11.1 Å². The molecule has 0 aromatic carbocycles. The molecule has 0 aliphatic rings. The van der Waals surface area contributed by atoms with E-state index in [9.17, 15) is 9.59 Å². The summed E-state index contributed by atoms with van der Waals surface area (Å²) in [7, 11) is 0. The van der Waals surface area contributed by atoms with Crippen LogP contribution in [-0.4, -0.2) is 20.5 Å². The molecule has 1 N–H and O–H groups in total. The van der Waals surface area contributed by atoms with Crippen molar-refractivity contribution >= 4 is 23.8 Å². The summed E-state index contributed by atoms with van der Waals surface area (Å²) in [5, 5.41) is 9.16. The number of pyridine rings is 1. The molecule has 0 saturated carbocycles. The van der Waals surface area contributed by atoms with Crippen LogP contribution in [0.1, 0.15) is 52.9 Å². The SMILES string of the molecule is CCCCc1c(C=Cc2ccc(C)o2)nc2ccc(C(=O)O)cn2c1=O. The molecule has 0 aliphatic carbocycles. The van der Waals surface area contributed by atoms with E-state index in [2.05, 4.69) is 11.9 Å². The monoisotopic (exact) mass is 352 g/mol. The van der Waals surface area contributed by atoms with E-state index in [1.807, 2.05) is 19.1 Å². The predicted octanol–water partition coefficient (Wildman–Crippen LogP) is 3.81. The van der Waals surface area contributed by atoms with Crippen molar-refractivity contribution in [1.29, 1.82) is 0 Å². The number of carboxylic acid groups (broad SMARTS) is 1. The van der Waals surface area contributed by atoms with Crippen LogP contribution in [0.3, 0.4) is 0 Å². The number of nitrogens with zero attached hydrogens (tertiary/aromatic N) is 2. The lowest BCUT2D eigenvalue weighted by Gasteiger charge is -2.09. The maximum Gasteiger partial charge on any atom is 0.337 e. The zero-order valence-electron chi connectivity index (χ0n) is 14.7. The molecule has 0 saturated heterocycles. The van der Waals surface area contributed by atoms with Crippen LogP contribution in [0.25, 0.3) is 17.8 Å². The molecule has 6 heteroatoms. The van der Waals surface area contributed by atoms with Gasteiger partial charge in [0, 0.05) is 11.8 Å². The lowest BCUT2D eigenvalue weighted by atomic mass is 10.1. The van der Waals surface area contributed by atoms with Crippen LogP contribution in [0.15, 0.2) is 39.7 Å². The van der Waals surface area contributed by atoms with E-state index in [1.54, 1.807) is 18.2 Å². The Morgan fingerprint density at radius 2 is 2.08 bits per heavy atom. The number of hydrogen-bond acceptors (Lipinski definition) is 4. The lowest BCUT2D eigenvalue weighted by molar-refractivity contribution is 0.0696. The standard InChI is InChI=1S/C20H20N2O4/c1-3-4-5-16-17(10-9-15-8-6-13(2)26-15)21-18-11-7-14(20(24)25)12-22(18)19(16)23/h6-12H,3-5H2,1-2H3,(H,24,25). The number of furan rings is 1. The summed E-state index contributed by atoms with van der Waals surface area (Å²) in [4.78, 5) is 28.7. The minimum absolute atomic E-state index is 0.0530. The molecule has 6 nitrogen and oxygen atoms in total. The highest BCUT2D eigenvalue weighted by Gasteiger charge is 2.13. The first-order chi connectivity index (χ1) is 12.5. The molecule has 0 atom stereocenters. The summed E-state index contributed by atoms with van der Waals surface area (Å²) in [6.07, 6.45) is 7.26. The third kappa shape index (κ3) is 3.59. The van der Waals surface area contributed by atoms with E-state index >= 15 is 0 Å². The van der Waals surface area contributed by atoms with Crippen molar-refractivity contribution in [2.45, 2.75) is 33.1 Å². The van der Waals surface area contributed by atoms with E-state index in [0.717, 1.165) is 18.6 Å². The number of carbonyl (C=O) groups is 1. The molecule has 0 radical (unpaired) electrons. The highest BCUT2D eigenvalue weighted by atomic mass is 16.4. The van der Waals surface area contributed by atoms with Gasteiger partial charge in [-0.1, -0.05) is 13.3 Å². The Labute approximate surface area is 150 Å². The average Bonchev–Trinajstić information content (AvgIpc) is 3.04. The number of unbranched alkanes of at least 4 members (excludes halogenated alkanes) is 1. The van der Waals surface area contributed by atoms with E-state index in [4.69, 9.17) is 9.52 Å². The van der Waals surface area contributed by atoms with Crippen molar-refractivity contribution in [3.63, 3.8) is 0 Å². The number of carboxylic acids is 1. The first-order valence-corrected chi connectivity index (χ1v) is 8.52. The summed E-state index contributed by atoms with van der Waals surface area (Å²) < 4.78 is 6.83. The average molecular weight is 352 g/mol. The minimum atomic E-state index is -1.08. The van der Waals surface area contributed by atoms with Crippen LogP contribution >= 0.6 is 0 Å². The van der Waals surface area contributed by atoms with Gasteiger partial charge in [-0.3, -0.25) is 9.20 Å². The number of aromatic carboxylic acids is 1. The topological polar surface area (TPSA) is 84.8 Å². The van der Waals surface area contributed by atoms with Gasteiger partial charge in [0.05, 0.1) is 11.3 Å². The summed E-state index contributed by atoms with van der Waals surface area (Å²) >= 11 is 0. The molecule has 0 aliphatic heterocycles. The van der Waals surface area contributed by atoms with Crippen LogP contribution < -0.4 is 5.56 Å². The maximum absolute atomic E-state index is 12.9. The molecule has 0 fully saturated rings. The fourth-order valence-electron chi connectivity index (χ4n) is 2.75. The maximum atomic E-state index is 12.9. The van der Waals surface area contributed by atoms with E-state index in [0.29, 0.717) is 29.1 Å². The van der Waals surface area contributed by atoms with Crippen molar-refractivity contribution in [1.82, 2.24) is 9.38 Å². The Bertz CT molecular complexity index is 1040. The van der Waals surface area contributed by atoms with Crippen LogP contribution in [0, 0.1) is 6.92 Å². The van der Waals surface area contributed by atoms with Crippen LogP contribution in [0.4, 0.5) is 0 Å². The summed E-state index contributed by atoms with van der Waals surface area (Å²) in [6, 6.07) is 6.71. The van der Waals surface area contributed by atoms with Crippen molar-refractivity contribution in [2.75, 3.05) is 0 Å². The van der Waals surface area contributed by atoms with E-state index in [1.165, 1.54) is 16.7 Å². The second-order valence-electron chi connectivity index (χ2n) is 6.12. The third-order valence-electron chi connectivity index (χ3n) is 4.14. The van der Waals surface area contributed by atoms with Gasteiger partial charge in [-0.25, -0.2) is 9.78 Å². The summed E-state index contributed by atoms with van der Waals surface area (Å²) in [5.41, 5.74) is 1.39. The molecule has 0 amide bonds. The largest absolute Gasteiger partial charge is 0.478 e. The quantitative estimate of drug-likeness (QED) is 0.729. The smallest absolute Gasteiger partial charge is 0.337 e. The van der Waals surface area contributed by atoms with Gasteiger partial charge in [-0.05, 0) is 56.2 Å². The Hall–Kier alpha value is -3.15. The van der Waals surface area contributed by atoms with Crippen LogP contribution in [0.2, 0.25) is 0 Å². The number of hydrogen-bond donors (Lipinski definition) is 1. The normalized spacial score (nSPS) is 11.5. The highest BCUT2D eigenvalue weighted by molar-refractivity contribution is 5.87. The van der Waals surface area contributed by atoms with Crippen molar-refractivity contribution in [2.24, 2.45) is 0 Å². The Morgan fingerprint density at radius 3 is 2.73 bits per heavy atom. The number of fused-ring (bicyclic) bond motifs is 1. The molecular formula is C20H20N2O4. The van der Waals surface area contributed by atoms with Gasteiger partial charge in [-0.15, -0.1) is 0 Å². The predicted molar refractivity (Wildman–Crippen MR) is 99.4 cm³/mol. The lowest BCUT2D eigenvalue weighted by Crippen LogP contribution is -2.22. The van der Waals surface area contributed by atoms with E-state index < -0.39 is 5.97 Å². The fraction of sp³-hybridized carbons (Fsp3) is 0.250. The molecule has 0 bridgehead atoms. The van der Waals surface area contributed by atoms with Crippen LogP contribution in [0.5, 0.6) is 0 Å². The van der Waals surface area contributed by atoms with Gasteiger partial charge >= 0.3 is 5.97 Å². The molecule has 3 aromatic rings. The number of aromatic nitrogens is 2. The highest BCUT2D eigenvalue weighted by Crippen LogP contribution is 2.15. The Kier molecular flexibility index (Phi) is 5.02. The first-order valence-electron chi connectivity index (χ1n) is 8.52. The Morgan fingerprint density at radius 1 is 1.27 bits per heavy atom. The Balaban J connectivity index is 2.13. The van der Waals surface area contributed by atoms with Gasteiger partial charge < -0.3 is 9.52 Å². The molecule has 3 aromatic heterocycles. The van der Waals surface area contributed by atoms with Crippen LogP contribution in [-0.2, 0) is 6.42 Å². The van der Waals surface area contributed by atoms with Crippen molar-refractivity contribution in [3.8, 4) is 0 Å². The third-order valence-corrected chi connectivity index (χ3v) is 4.14. The molecule has 0 spiro atoms. The second-order valence-corrected chi connectivity index (χ2v) is 6.12. The molecule has 0 unspecified atom stereocenters. The summed E-state index contributed by atoms with van der Waals surface area (Å²) in [6.45, 7) is 3.92. The van der Waals surface area contributed by atoms with Gasteiger partial charge in [0.2, 0.25) is 0 Å². The summed E-state index contributed by atoms with van der Waals surface area (Å²) in [5.74, 6) is 0.418. The number of rotatable bonds is 6. The van der Waals surface area contributed by atoms with Crippen molar-refractivity contribution < 1.29 is 14.3 Å². The van der Waals surface area contributed by atoms with Gasteiger partial charge in [0.15, 0.2) is 0 Å². The fourth-order valence-corrected chi connectivity index (χ4v) is 2.75. The molecule has 134 valence electrons. The van der Waals surface area contributed by atoms with Crippen molar-refractivity contribution in [3.05, 3.63) is 69.2 Å².